The smallest absolute Gasteiger partial charge is 0.310 e. The average Bonchev–Trinajstić information content (AvgIpc) is 2.91. The third-order valence-electron chi connectivity index (χ3n) is 3.78. The second kappa shape index (κ2) is 6.58. The largest absolute Gasteiger partial charge is 0.497 e. The molecule has 0 bridgehead atoms. The van der Waals surface area contributed by atoms with E-state index in [4.69, 9.17) is 9.47 Å². The molecule has 1 aromatic rings. The third kappa shape index (κ3) is 3.52. The van der Waals surface area contributed by atoms with Crippen LogP contribution in [0.15, 0.2) is 24.3 Å². The van der Waals surface area contributed by atoms with Crippen molar-refractivity contribution >= 4 is 11.9 Å². The monoisotopic (exact) mass is 293 g/mol. The first kappa shape index (κ1) is 15.3. The lowest BCUT2D eigenvalue weighted by Crippen LogP contribution is -2.29. The van der Waals surface area contributed by atoms with E-state index in [2.05, 4.69) is 0 Å². The molecule has 0 spiro atoms. The second-order valence-corrected chi connectivity index (χ2v) is 5.12. The highest BCUT2D eigenvalue weighted by Crippen LogP contribution is 2.26. The van der Waals surface area contributed by atoms with Crippen LogP contribution in [0.4, 0.5) is 0 Å². The summed E-state index contributed by atoms with van der Waals surface area (Å²) in [4.78, 5) is 24.9. The van der Waals surface area contributed by atoms with Gasteiger partial charge in [0.2, 0.25) is 0 Å². The van der Waals surface area contributed by atoms with Gasteiger partial charge in [0, 0.05) is 19.6 Å². The zero-order chi connectivity index (χ0) is 15.4. The van der Waals surface area contributed by atoms with E-state index in [0.29, 0.717) is 19.6 Å². The predicted octanol–water partition coefficient (Wildman–Crippen LogP) is 1.00. The molecule has 6 heteroatoms. The van der Waals surface area contributed by atoms with Crippen molar-refractivity contribution in [1.82, 2.24) is 4.90 Å². The molecule has 0 saturated carbocycles. The molecule has 2 atom stereocenters. The van der Waals surface area contributed by atoms with Crippen LogP contribution in [0.1, 0.15) is 5.56 Å². The van der Waals surface area contributed by atoms with Crippen molar-refractivity contribution in [1.29, 1.82) is 0 Å². The van der Waals surface area contributed by atoms with E-state index in [9.17, 15) is 14.7 Å². The second-order valence-electron chi connectivity index (χ2n) is 5.12. The lowest BCUT2D eigenvalue weighted by molar-refractivity contribution is -0.153. The number of carboxylic acids is 1. The Kier molecular flexibility index (Phi) is 4.80. The van der Waals surface area contributed by atoms with E-state index in [1.54, 1.807) is 7.11 Å². The molecule has 1 aliphatic heterocycles. The Morgan fingerprint density at radius 2 is 1.81 bits per heavy atom. The first-order chi connectivity index (χ1) is 10.0. The lowest BCUT2D eigenvalue weighted by atomic mass is 9.97. The summed E-state index contributed by atoms with van der Waals surface area (Å²) in [5.41, 5.74) is 1.05. The van der Waals surface area contributed by atoms with Gasteiger partial charge in [-0.2, -0.15) is 0 Å². The number of aliphatic carboxylic acids is 1. The first-order valence-corrected chi connectivity index (χ1v) is 6.71. The summed E-state index contributed by atoms with van der Waals surface area (Å²) >= 11 is 0. The number of rotatable bonds is 5. The van der Waals surface area contributed by atoms with Gasteiger partial charge >= 0.3 is 11.9 Å². The Morgan fingerprint density at radius 1 is 1.19 bits per heavy atom. The van der Waals surface area contributed by atoms with Crippen LogP contribution in [0.3, 0.4) is 0 Å². The standard InChI is InChI=1S/C15H19NO5/c1-20-11-5-3-10(4-6-11)7-16-8-12(14(17)18)13(9-16)15(19)21-2/h3-6,12-13H,7-9H2,1-2H3,(H,17,18)/t12-,13+/m0/s1. The van der Waals surface area contributed by atoms with E-state index in [0.717, 1.165) is 11.3 Å². The Bertz CT molecular complexity index is 513. The van der Waals surface area contributed by atoms with Crippen molar-refractivity contribution in [3.63, 3.8) is 0 Å². The van der Waals surface area contributed by atoms with Crippen molar-refractivity contribution in [2.24, 2.45) is 11.8 Å². The Hall–Kier alpha value is -2.08. The van der Waals surface area contributed by atoms with Crippen molar-refractivity contribution in [3.8, 4) is 5.75 Å². The number of esters is 1. The van der Waals surface area contributed by atoms with Crippen LogP contribution >= 0.6 is 0 Å². The average molecular weight is 293 g/mol. The summed E-state index contributed by atoms with van der Waals surface area (Å²) < 4.78 is 9.80. The summed E-state index contributed by atoms with van der Waals surface area (Å²) in [5.74, 6) is -1.96. The van der Waals surface area contributed by atoms with Crippen LogP contribution in [-0.2, 0) is 20.9 Å². The van der Waals surface area contributed by atoms with Gasteiger partial charge in [-0.15, -0.1) is 0 Å². The molecule has 1 heterocycles. The number of ether oxygens (including phenoxy) is 2. The quantitative estimate of drug-likeness (QED) is 0.816. The highest BCUT2D eigenvalue weighted by molar-refractivity contribution is 5.82. The maximum Gasteiger partial charge on any atom is 0.310 e. The number of nitrogens with zero attached hydrogens (tertiary/aromatic N) is 1. The number of carbonyl (C=O) groups is 2. The first-order valence-electron chi connectivity index (χ1n) is 6.71. The molecule has 1 fully saturated rings. The molecular weight excluding hydrogens is 274 g/mol. The minimum atomic E-state index is -0.956. The zero-order valence-corrected chi connectivity index (χ0v) is 12.1. The van der Waals surface area contributed by atoms with Crippen molar-refractivity contribution in [2.45, 2.75) is 6.54 Å². The summed E-state index contributed by atoms with van der Waals surface area (Å²) in [6.07, 6.45) is 0. The topological polar surface area (TPSA) is 76.1 Å². The summed E-state index contributed by atoms with van der Waals surface area (Å²) in [6, 6.07) is 7.58. The fourth-order valence-corrected chi connectivity index (χ4v) is 2.64. The maximum absolute atomic E-state index is 11.7. The molecule has 0 amide bonds. The van der Waals surface area contributed by atoms with Crippen LogP contribution in [0.2, 0.25) is 0 Å². The van der Waals surface area contributed by atoms with Gasteiger partial charge in [0.25, 0.3) is 0 Å². The number of likely N-dealkylation sites (tertiary alicyclic amines) is 1. The normalized spacial score (nSPS) is 22.0. The molecule has 21 heavy (non-hydrogen) atoms. The lowest BCUT2D eigenvalue weighted by Gasteiger charge is -2.15. The van der Waals surface area contributed by atoms with E-state index in [1.807, 2.05) is 29.2 Å². The Morgan fingerprint density at radius 3 is 2.33 bits per heavy atom. The molecule has 1 aliphatic rings. The Balaban J connectivity index is 2.04. The molecule has 0 aliphatic carbocycles. The van der Waals surface area contributed by atoms with Crippen LogP contribution in [-0.4, -0.2) is 49.3 Å². The maximum atomic E-state index is 11.7. The van der Waals surface area contributed by atoms with Gasteiger partial charge in [0.15, 0.2) is 0 Å². The fourth-order valence-electron chi connectivity index (χ4n) is 2.64. The van der Waals surface area contributed by atoms with Gasteiger partial charge in [-0.1, -0.05) is 12.1 Å². The van der Waals surface area contributed by atoms with Gasteiger partial charge in [-0.3, -0.25) is 14.5 Å². The van der Waals surface area contributed by atoms with E-state index in [1.165, 1.54) is 7.11 Å². The molecule has 0 aromatic heterocycles. The molecule has 0 unspecified atom stereocenters. The van der Waals surface area contributed by atoms with E-state index < -0.39 is 23.8 Å². The van der Waals surface area contributed by atoms with Gasteiger partial charge in [0.1, 0.15) is 5.75 Å². The molecule has 2 rings (SSSR count). The Labute approximate surface area is 123 Å². The van der Waals surface area contributed by atoms with Gasteiger partial charge in [-0.25, -0.2) is 0 Å². The highest BCUT2D eigenvalue weighted by atomic mass is 16.5. The highest BCUT2D eigenvalue weighted by Gasteiger charge is 2.42. The number of benzene rings is 1. The van der Waals surface area contributed by atoms with Crippen molar-refractivity contribution in [2.75, 3.05) is 27.3 Å². The number of carboxylic acid groups (broad SMARTS) is 1. The summed E-state index contributed by atoms with van der Waals surface area (Å²) in [7, 11) is 2.89. The molecule has 0 radical (unpaired) electrons. The number of hydrogen-bond acceptors (Lipinski definition) is 5. The van der Waals surface area contributed by atoms with Crippen molar-refractivity contribution < 1.29 is 24.2 Å². The zero-order valence-electron chi connectivity index (χ0n) is 12.1. The van der Waals surface area contributed by atoms with Gasteiger partial charge in [-0.05, 0) is 17.7 Å². The van der Waals surface area contributed by atoms with E-state index >= 15 is 0 Å². The minimum Gasteiger partial charge on any atom is -0.497 e. The number of carbonyl (C=O) groups excluding carboxylic acids is 1. The number of methoxy groups -OCH3 is 2. The van der Waals surface area contributed by atoms with Crippen LogP contribution in [0.25, 0.3) is 0 Å². The minimum absolute atomic E-state index is 0.348. The summed E-state index contributed by atoms with van der Waals surface area (Å²) in [6.45, 7) is 1.35. The SMILES string of the molecule is COC(=O)[C@@H]1CN(Cc2ccc(OC)cc2)C[C@@H]1C(=O)O. The molecule has 1 saturated heterocycles. The van der Waals surface area contributed by atoms with Gasteiger partial charge in [0.05, 0.1) is 26.1 Å². The molecule has 1 aromatic carbocycles. The van der Waals surface area contributed by atoms with E-state index in [-0.39, 0.29) is 0 Å². The molecule has 114 valence electrons. The van der Waals surface area contributed by atoms with Crippen LogP contribution in [0, 0.1) is 11.8 Å². The van der Waals surface area contributed by atoms with Crippen LogP contribution in [0.5, 0.6) is 5.75 Å². The van der Waals surface area contributed by atoms with Crippen LogP contribution < -0.4 is 4.74 Å². The summed E-state index contributed by atoms with van der Waals surface area (Å²) in [5, 5.41) is 9.23. The third-order valence-corrected chi connectivity index (χ3v) is 3.78. The molecule has 6 nitrogen and oxygen atoms in total. The number of hydrogen-bond donors (Lipinski definition) is 1. The molecular formula is C15H19NO5. The van der Waals surface area contributed by atoms with Crippen molar-refractivity contribution in [3.05, 3.63) is 29.8 Å². The fraction of sp³-hybridized carbons (Fsp3) is 0.467. The molecule has 1 N–H and O–H groups in total. The predicted molar refractivity (Wildman–Crippen MR) is 74.9 cm³/mol. The van der Waals surface area contributed by atoms with Gasteiger partial charge < -0.3 is 14.6 Å².